The third kappa shape index (κ3) is 6.33. The fourth-order valence-electron chi connectivity index (χ4n) is 4.40. The maximum atomic E-state index is 10.7. The molecule has 0 amide bonds. The molecule has 1 aliphatic heterocycles. The molecule has 1 heterocycles. The van der Waals surface area contributed by atoms with Gasteiger partial charge in [-0.05, 0) is 67.6 Å². The van der Waals surface area contributed by atoms with E-state index in [4.69, 9.17) is 10.00 Å². The van der Waals surface area contributed by atoms with Crippen molar-refractivity contribution >= 4 is 17.1 Å². The van der Waals surface area contributed by atoms with E-state index in [-0.39, 0.29) is 0 Å². The smallest absolute Gasteiger partial charge is 0.150 e. The molecule has 164 valence electrons. The number of methoxy groups -OCH3 is 1. The van der Waals surface area contributed by atoms with E-state index in [2.05, 4.69) is 30.7 Å². The predicted molar refractivity (Wildman–Crippen MR) is 127 cm³/mol. The van der Waals surface area contributed by atoms with Gasteiger partial charge in [-0.3, -0.25) is 4.79 Å². The van der Waals surface area contributed by atoms with Gasteiger partial charge in [0.1, 0.15) is 12.0 Å². The topological polar surface area (TPSA) is 53.3 Å². The summed E-state index contributed by atoms with van der Waals surface area (Å²) in [5.74, 6) is 1.75. The van der Waals surface area contributed by atoms with Crippen LogP contribution in [0.25, 0.3) is 10.8 Å². The number of carbonyl (C=O) groups excluding carboxylic acids is 1. The average Bonchev–Trinajstić information content (AvgIpc) is 2.80. The molecule has 1 saturated carbocycles. The Kier molecular flexibility index (Phi) is 10.1. The monoisotopic (exact) mass is 418 g/mol. The first-order valence-electron chi connectivity index (χ1n) is 11.2. The van der Waals surface area contributed by atoms with Crippen LogP contribution < -0.4 is 4.74 Å². The summed E-state index contributed by atoms with van der Waals surface area (Å²) in [6.45, 7) is 5.12. The first-order chi connectivity index (χ1) is 15.2. The number of nitriles is 1. The van der Waals surface area contributed by atoms with Crippen LogP contribution in [0.4, 0.5) is 0 Å². The Morgan fingerprint density at radius 2 is 1.87 bits per heavy atom. The molecule has 4 heteroatoms. The summed E-state index contributed by atoms with van der Waals surface area (Å²) in [4.78, 5) is 13.4. The lowest BCUT2D eigenvalue weighted by molar-refractivity contribution is 0.0838. The van der Waals surface area contributed by atoms with Gasteiger partial charge >= 0.3 is 0 Å². The van der Waals surface area contributed by atoms with Gasteiger partial charge in [0.05, 0.1) is 19.6 Å². The average molecular weight is 419 g/mol. The van der Waals surface area contributed by atoms with Gasteiger partial charge in [-0.1, -0.05) is 38.0 Å². The van der Waals surface area contributed by atoms with Gasteiger partial charge in [-0.2, -0.15) is 5.26 Å². The number of piperidine rings is 1. The Labute approximate surface area is 187 Å². The molecule has 1 aliphatic carbocycles. The van der Waals surface area contributed by atoms with Crippen molar-refractivity contribution in [3.05, 3.63) is 41.5 Å². The van der Waals surface area contributed by atoms with Crippen molar-refractivity contribution in [2.75, 3.05) is 20.2 Å². The molecule has 1 saturated heterocycles. The quantitative estimate of drug-likeness (QED) is 0.466. The second-order valence-corrected chi connectivity index (χ2v) is 8.15. The number of ether oxygens (including phenoxy) is 1. The number of hydrogen-bond acceptors (Lipinski definition) is 4. The first kappa shape index (κ1) is 24.4. The van der Waals surface area contributed by atoms with Gasteiger partial charge in [0.15, 0.2) is 0 Å². The number of carbonyl (C=O) groups is 1. The fraction of sp³-hybridized carbons (Fsp3) is 0.481. The highest BCUT2D eigenvalue weighted by molar-refractivity contribution is 5.92. The van der Waals surface area contributed by atoms with Crippen molar-refractivity contribution < 1.29 is 9.53 Å². The highest BCUT2D eigenvalue weighted by atomic mass is 16.5. The van der Waals surface area contributed by atoms with Crippen LogP contribution in [-0.2, 0) is 6.42 Å². The summed E-state index contributed by atoms with van der Waals surface area (Å²) in [7, 11) is 1.59. The van der Waals surface area contributed by atoms with E-state index in [1.54, 1.807) is 13.2 Å². The SMILES string of the molecule is C#C.CCC1CCN(C2CCC2)CC1.COc1ccc2cc(C=O)ccc2c1CC#N. The van der Waals surface area contributed by atoms with Crippen LogP contribution in [-0.4, -0.2) is 37.4 Å². The summed E-state index contributed by atoms with van der Waals surface area (Å²) in [5, 5.41) is 10.7. The molecule has 0 aromatic heterocycles. The largest absolute Gasteiger partial charge is 0.496 e. The lowest BCUT2D eigenvalue weighted by Crippen LogP contribution is -2.44. The van der Waals surface area contributed by atoms with Gasteiger partial charge in [0.2, 0.25) is 0 Å². The second kappa shape index (κ2) is 12.8. The minimum absolute atomic E-state index is 0.293. The second-order valence-electron chi connectivity index (χ2n) is 8.15. The van der Waals surface area contributed by atoms with Gasteiger partial charge < -0.3 is 9.64 Å². The van der Waals surface area contributed by atoms with Gasteiger partial charge in [0.25, 0.3) is 0 Å². The third-order valence-electron chi connectivity index (χ3n) is 6.54. The van der Waals surface area contributed by atoms with E-state index in [0.717, 1.165) is 34.6 Å². The van der Waals surface area contributed by atoms with Crippen LogP contribution in [0.5, 0.6) is 5.75 Å². The van der Waals surface area contributed by atoms with Gasteiger partial charge in [-0.15, -0.1) is 12.8 Å². The molecule has 0 spiro atoms. The predicted octanol–water partition coefficient (Wildman–Crippen LogP) is 5.64. The Morgan fingerprint density at radius 1 is 1.16 bits per heavy atom. The Hall–Kier alpha value is -2.82. The zero-order valence-corrected chi connectivity index (χ0v) is 18.8. The minimum atomic E-state index is 0.293. The maximum absolute atomic E-state index is 10.7. The molecule has 2 fully saturated rings. The van der Waals surface area contributed by atoms with Crippen LogP contribution >= 0.6 is 0 Å². The Balaban J connectivity index is 0.000000214. The third-order valence-corrected chi connectivity index (χ3v) is 6.54. The van der Waals surface area contributed by atoms with Crippen molar-refractivity contribution in [3.63, 3.8) is 0 Å². The normalized spacial score (nSPS) is 16.6. The molecule has 2 aliphatic rings. The van der Waals surface area contributed by atoms with Gasteiger partial charge in [-0.25, -0.2) is 0 Å². The van der Waals surface area contributed by atoms with E-state index in [1.807, 2.05) is 24.3 Å². The number of aldehydes is 1. The summed E-state index contributed by atoms with van der Waals surface area (Å²) >= 11 is 0. The fourth-order valence-corrected chi connectivity index (χ4v) is 4.40. The molecular formula is C27H34N2O2. The standard InChI is InChI=1S/C14H11NO2.C11H21N.C2H2/c1-17-14-5-3-11-8-10(9-16)2-4-12(11)13(14)6-7-15;1-2-10-6-8-12(9-7-10)11-4-3-5-11;1-2/h2-5,8-9H,6H2,1H3;10-11H,2-9H2,1H3;1-2H. The molecule has 0 bridgehead atoms. The summed E-state index contributed by atoms with van der Waals surface area (Å²) in [6, 6.07) is 12.2. The van der Waals surface area contributed by atoms with Crippen LogP contribution in [0, 0.1) is 30.1 Å². The number of nitrogens with zero attached hydrogens (tertiary/aromatic N) is 2. The maximum Gasteiger partial charge on any atom is 0.150 e. The minimum Gasteiger partial charge on any atom is -0.496 e. The Morgan fingerprint density at radius 3 is 2.39 bits per heavy atom. The lowest BCUT2D eigenvalue weighted by Gasteiger charge is -2.41. The highest BCUT2D eigenvalue weighted by Crippen LogP contribution is 2.30. The van der Waals surface area contributed by atoms with Crippen molar-refractivity contribution in [1.82, 2.24) is 4.90 Å². The molecule has 0 radical (unpaired) electrons. The molecule has 4 rings (SSSR count). The van der Waals surface area contributed by atoms with E-state index in [9.17, 15) is 4.79 Å². The number of terminal acetylenes is 1. The molecule has 2 aromatic rings. The lowest BCUT2D eigenvalue weighted by atomic mass is 9.87. The van der Waals surface area contributed by atoms with E-state index >= 15 is 0 Å². The summed E-state index contributed by atoms with van der Waals surface area (Å²) in [6.07, 6.45) is 17.9. The van der Waals surface area contributed by atoms with Crippen molar-refractivity contribution in [2.45, 2.75) is 57.9 Å². The highest BCUT2D eigenvalue weighted by Gasteiger charge is 2.27. The number of hydrogen-bond donors (Lipinski definition) is 0. The van der Waals surface area contributed by atoms with E-state index in [0.29, 0.717) is 17.7 Å². The van der Waals surface area contributed by atoms with Gasteiger partial charge in [0, 0.05) is 17.2 Å². The molecule has 2 aromatic carbocycles. The van der Waals surface area contributed by atoms with Crippen molar-refractivity contribution in [3.8, 4) is 24.7 Å². The summed E-state index contributed by atoms with van der Waals surface area (Å²) < 4.78 is 5.24. The van der Waals surface area contributed by atoms with Crippen molar-refractivity contribution in [1.29, 1.82) is 5.26 Å². The number of rotatable bonds is 5. The number of benzene rings is 2. The Bertz CT molecular complexity index is 901. The first-order valence-corrected chi connectivity index (χ1v) is 11.2. The molecule has 31 heavy (non-hydrogen) atoms. The van der Waals surface area contributed by atoms with Crippen LogP contribution in [0.1, 0.15) is 61.4 Å². The van der Waals surface area contributed by atoms with E-state index < -0.39 is 0 Å². The summed E-state index contributed by atoms with van der Waals surface area (Å²) in [5.41, 5.74) is 1.50. The van der Waals surface area contributed by atoms with E-state index in [1.165, 1.54) is 51.6 Å². The number of likely N-dealkylation sites (tertiary alicyclic amines) is 1. The van der Waals surface area contributed by atoms with Crippen LogP contribution in [0.15, 0.2) is 30.3 Å². The molecule has 0 unspecified atom stereocenters. The number of fused-ring (bicyclic) bond motifs is 1. The van der Waals surface area contributed by atoms with Crippen molar-refractivity contribution in [2.24, 2.45) is 5.92 Å². The zero-order valence-electron chi connectivity index (χ0n) is 18.8. The molecule has 4 nitrogen and oxygen atoms in total. The molecule has 0 atom stereocenters. The van der Waals surface area contributed by atoms with Crippen LogP contribution in [0.2, 0.25) is 0 Å². The molecule has 0 N–H and O–H groups in total. The van der Waals surface area contributed by atoms with Crippen LogP contribution in [0.3, 0.4) is 0 Å². The zero-order chi connectivity index (χ0) is 22.6. The molecular weight excluding hydrogens is 384 g/mol.